The van der Waals surface area contributed by atoms with E-state index in [0.717, 1.165) is 28.4 Å². The molecule has 0 heterocycles. The van der Waals surface area contributed by atoms with Crippen molar-refractivity contribution in [2.75, 3.05) is 12.9 Å². The number of ether oxygens (including phenoxy) is 1. The van der Waals surface area contributed by atoms with E-state index < -0.39 is 0 Å². The number of aryl methyl sites for hydroxylation is 1. The fraction of sp³-hybridized carbons (Fsp3) is 0.294. The molecule has 2 aromatic carbocycles. The smallest absolute Gasteiger partial charge is 0.124 e. The van der Waals surface area contributed by atoms with Crippen LogP contribution in [-0.4, -0.2) is 18.9 Å². The SMILES string of the molecule is COc1ccc(C)cc1CC(N)CSc1cccc(F)c1. The monoisotopic (exact) mass is 305 g/mol. The highest BCUT2D eigenvalue weighted by Crippen LogP contribution is 2.24. The average Bonchev–Trinajstić information content (AvgIpc) is 2.45. The van der Waals surface area contributed by atoms with Crippen LogP contribution in [0.1, 0.15) is 11.1 Å². The summed E-state index contributed by atoms with van der Waals surface area (Å²) in [6.45, 7) is 2.05. The Morgan fingerprint density at radius 3 is 2.76 bits per heavy atom. The van der Waals surface area contributed by atoms with Crippen LogP contribution in [0.3, 0.4) is 0 Å². The molecule has 0 bridgehead atoms. The number of nitrogens with two attached hydrogens (primary N) is 1. The van der Waals surface area contributed by atoms with Crippen molar-refractivity contribution in [3.8, 4) is 5.75 Å². The molecule has 0 aliphatic rings. The largest absolute Gasteiger partial charge is 0.496 e. The van der Waals surface area contributed by atoms with E-state index in [0.29, 0.717) is 0 Å². The van der Waals surface area contributed by atoms with Gasteiger partial charge in [0.15, 0.2) is 0 Å². The minimum Gasteiger partial charge on any atom is -0.496 e. The Morgan fingerprint density at radius 2 is 2.05 bits per heavy atom. The molecule has 0 aromatic heterocycles. The molecule has 2 N–H and O–H groups in total. The van der Waals surface area contributed by atoms with Crippen LogP contribution in [0.15, 0.2) is 47.4 Å². The molecule has 0 spiro atoms. The molecule has 0 saturated heterocycles. The Balaban J connectivity index is 1.95. The van der Waals surface area contributed by atoms with Crippen molar-refractivity contribution in [3.05, 3.63) is 59.4 Å². The van der Waals surface area contributed by atoms with Crippen molar-refractivity contribution in [1.82, 2.24) is 0 Å². The first-order chi connectivity index (χ1) is 10.1. The van der Waals surface area contributed by atoms with Crippen LogP contribution in [0.2, 0.25) is 0 Å². The van der Waals surface area contributed by atoms with Gasteiger partial charge < -0.3 is 10.5 Å². The lowest BCUT2D eigenvalue weighted by atomic mass is 10.0. The van der Waals surface area contributed by atoms with Crippen LogP contribution in [-0.2, 0) is 6.42 Å². The van der Waals surface area contributed by atoms with E-state index in [-0.39, 0.29) is 11.9 Å². The zero-order valence-corrected chi connectivity index (χ0v) is 13.1. The number of hydrogen-bond acceptors (Lipinski definition) is 3. The zero-order chi connectivity index (χ0) is 15.2. The zero-order valence-electron chi connectivity index (χ0n) is 12.3. The molecule has 4 heteroatoms. The summed E-state index contributed by atoms with van der Waals surface area (Å²) < 4.78 is 18.5. The average molecular weight is 305 g/mol. The highest BCUT2D eigenvalue weighted by atomic mass is 32.2. The first kappa shape index (κ1) is 15.9. The van der Waals surface area contributed by atoms with Crippen LogP contribution >= 0.6 is 11.8 Å². The van der Waals surface area contributed by atoms with Crippen molar-refractivity contribution < 1.29 is 9.13 Å². The maximum absolute atomic E-state index is 13.1. The summed E-state index contributed by atoms with van der Waals surface area (Å²) in [7, 11) is 1.67. The fourth-order valence-corrected chi connectivity index (χ4v) is 3.06. The Morgan fingerprint density at radius 1 is 1.24 bits per heavy atom. The van der Waals surface area contributed by atoms with Gasteiger partial charge in [-0.3, -0.25) is 0 Å². The maximum Gasteiger partial charge on any atom is 0.124 e. The first-order valence-corrected chi connectivity index (χ1v) is 7.84. The van der Waals surface area contributed by atoms with Gasteiger partial charge in [0, 0.05) is 16.7 Å². The lowest BCUT2D eigenvalue weighted by molar-refractivity contribution is 0.408. The third kappa shape index (κ3) is 4.76. The molecular formula is C17H20FNOS. The predicted octanol–water partition coefficient (Wildman–Crippen LogP) is 3.80. The van der Waals surface area contributed by atoms with Gasteiger partial charge in [-0.25, -0.2) is 4.39 Å². The second-order valence-electron chi connectivity index (χ2n) is 5.05. The molecule has 0 aliphatic carbocycles. The molecule has 0 radical (unpaired) electrons. The number of rotatable bonds is 6. The topological polar surface area (TPSA) is 35.2 Å². The van der Waals surface area contributed by atoms with Crippen LogP contribution in [0.5, 0.6) is 5.75 Å². The summed E-state index contributed by atoms with van der Waals surface area (Å²) in [5.74, 6) is 1.39. The molecule has 112 valence electrons. The summed E-state index contributed by atoms with van der Waals surface area (Å²) in [5, 5.41) is 0. The van der Waals surface area contributed by atoms with Crippen LogP contribution < -0.4 is 10.5 Å². The quantitative estimate of drug-likeness (QED) is 0.824. The molecule has 2 rings (SSSR count). The molecule has 1 unspecified atom stereocenters. The van der Waals surface area contributed by atoms with Gasteiger partial charge in [-0.15, -0.1) is 11.8 Å². The Hall–Kier alpha value is -1.52. The highest BCUT2D eigenvalue weighted by Gasteiger charge is 2.10. The molecule has 0 saturated carbocycles. The first-order valence-electron chi connectivity index (χ1n) is 6.86. The maximum atomic E-state index is 13.1. The summed E-state index contributed by atoms with van der Waals surface area (Å²) in [4.78, 5) is 0.904. The second kappa shape index (κ2) is 7.48. The molecule has 0 aliphatic heterocycles. The van der Waals surface area contributed by atoms with Gasteiger partial charge in [0.25, 0.3) is 0 Å². The molecule has 2 nitrogen and oxygen atoms in total. The van der Waals surface area contributed by atoms with E-state index in [1.54, 1.807) is 24.9 Å². The van der Waals surface area contributed by atoms with E-state index in [1.165, 1.54) is 17.7 Å². The molecule has 21 heavy (non-hydrogen) atoms. The minimum absolute atomic E-state index is 0.00559. The fourth-order valence-electron chi connectivity index (χ4n) is 2.17. The number of thioether (sulfide) groups is 1. The van der Waals surface area contributed by atoms with Crippen LogP contribution in [0.25, 0.3) is 0 Å². The number of methoxy groups -OCH3 is 1. The van der Waals surface area contributed by atoms with Crippen molar-refractivity contribution >= 4 is 11.8 Å². The number of halogens is 1. The van der Waals surface area contributed by atoms with E-state index in [9.17, 15) is 4.39 Å². The van der Waals surface area contributed by atoms with Gasteiger partial charge in [0.1, 0.15) is 11.6 Å². The predicted molar refractivity (Wildman–Crippen MR) is 86.5 cm³/mol. The summed E-state index contributed by atoms with van der Waals surface area (Å²) >= 11 is 1.57. The number of hydrogen-bond donors (Lipinski definition) is 1. The van der Waals surface area contributed by atoms with Gasteiger partial charge in [-0.2, -0.15) is 0 Å². The van der Waals surface area contributed by atoms with Crippen molar-refractivity contribution in [2.45, 2.75) is 24.3 Å². The van der Waals surface area contributed by atoms with Gasteiger partial charge in [0.2, 0.25) is 0 Å². The van der Waals surface area contributed by atoms with Crippen molar-refractivity contribution in [2.24, 2.45) is 5.73 Å². The van der Waals surface area contributed by atoms with Gasteiger partial charge >= 0.3 is 0 Å². The standard InChI is InChI=1S/C17H20FNOS/c1-12-6-7-17(20-2)13(8-12)9-15(19)11-21-16-5-3-4-14(18)10-16/h3-8,10,15H,9,11,19H2,1-2H3. The summed E-state index contributed by atoms with van der Waals surface area (Å²) in [5.41, 5.74) is 8.50. The van der Waals surface area contributed by atoms with E-state index in [1.807, 2.05) is 18.2 Å². The van der Waals surface area contributed by atoms with E-state index in [2.05, 4.69) is 13.0 Å². The van der Waals surface area contributed by atoms with E-state index >= 15 is 0 Å². The minimum atomic E-state index is -0.214. The Labute approximate surface area is 129 Å². The second-order valence-corrected chi connectivity index (χ2v) is 6.14. The molecule has 0 fully saturated rings. The van der Waals surface area contributed by atoms with E-state index in [4.69, 9.17) is 10.5 Å². The lowest BCUT2D eigenvalue weighted by Gasteiger charge is -2.14. The molecular weight excluding hydrogens is 285 g/mol. The Bertz CT molecular complexity index is 603. The van der Waals surface area contributed by atoms with Gasteiger partial charge in [-0.1, -0.05) is 23.8 Å². The molecule has 1 atom stereocenters. The third-order valence-electron chi connectivity index (χ3n) is 3.18. The normalized spacial score (nSPS) is 12.2. The Kier molecular flexibility index (Phi) is 5.65. The lowest BCUT2D eigenvalue weighted by Crippen LogP contribution is -2.25. The van der Waals surface area contributed by atoms with Crippen LogP contribution in [0, 0.1) is 12.7 Å². The van der Waals surface area contributed by atoms with Gasteiger partial charge in [0.05, 0.1) is 7.11 Å². The number of benzene rings is 2. The summed E-state index contributed by atoms with van der Waals surface area (Å²) in [6, 6.07) is 12.7. The summed E-state index contributed by atoms with van der Waals surface area (Å²) in [6.07, 6.45) is 0.743. The molecule has 0 amide bonds. The van der Waals surface area contributed by atoms with Crippen LogP contribution in [0.4, 0.5) is 4.39 Å². The molecule has 2 aromatic rings. The van der Waals surface area contributed by atoms with Crippen molar-refractivity contribution in [3.63, 3.8) is 0 Å². The third-order valence-corrected chi connectivity index (χ3v) is 4.36. The van der Waals surface area contributed by atoms with Crippen molar-refractivity contribution in [1.29, 1.82) is 0 Å². The highest BCUT2D eigenvalue weighted by molar-refractivity contribution is 7.99. The van der Waals surface area contributed by atoms with Gasteiger partial charge in [-0.05, 0) is 43.2 Å².